The summed E-state index contributed by atoms with van der Waals surface area (Å²) in [6.07, 6.45) is 3.41. The van der Waals surface area contributed by atoms with Gasteiger partial charge in [0.1, 0.15) is 12.1 Å². The Bertz CT molecular complexity index is 488. The third-order valence-corrected chi connectivity index (χ3v) is 3.87. The Morgan fingerprint density at radius 3 is 2.85 bits per heavy atom. The number of rotatable bonds is 2. The summed E-state index contributed by atoms with van der Waals surface area (Å²) in [6, 6.07) is 1.95. The van der Waals surface area contributed by atoms with Gasteiger partial charge < -0.3 is 14.5 Å². The quantitative estimate of drug-likeness (QED) is 0.792. The van der Waals surface area contributed by atoms with E-state index in [1.807, 2.05) is 17.9 Å². The number of aryl methyl sites for hydroxylation is 1. The van der Waals surface area contributed by atoms with Gasteiger partial charge in [0, 0.05) is 31.4 Å². The molecule has 108 valence electrons. The van der Waals surface area contributed by atoms with Gasteiger partial charge in [0.05, 0.1) is 13.2 Å². The van der Waals surface area contributed by atoms with E-state index in [4.69, 9.17) is 4.74 Å². The fourth-order valence-electron chi connectivity index (χ4n) is 2.76. The Labute approximate surface area is 118 Å². The highest BCUT2D eigenvalue weighted by molar-refractivity contribution is 5.82. The number of morpholine rings is 1. The minimum atomic E-state index is -0.364. The topological polar surface area (TPSA) is 58.6 Å². The van der Waals surface area contributed by atoms with Gasteiger partial charge in [0.25, 0.3) is 5.91 Å². The number of hydrogen-bond acceptors (Lipinski definition) is 5. The summed E-state index contributed by atoms with van der Waals surface area (Å²) in [4.78, 5) is 24.8. The molecule has 0 aromatic carbocycles. The highest BCUT2D eigenvalue weighted by Crippen LogP contribution is 2.18. The molecule has 1 amide bonds. The van der Waals surface area contributed by atoms with E-state index in [0.29, 0.717) is 13.2 Å². The van der Waals surface area contributed by atoms with E-state index >= 15 is 0 Å². The maximum absolute atomic E-state index is 12.4. The van der Waals surface area contributed by atoms with Gasteiger partial charge in [0.15, 0.2) is 6.10 Å². The van der Waals surface area contributed by atoms with Crippen molar-refractivity contribution in [1.82, 2.24) is 14.9 Å². The predicted molar refractivity (Wildman–Crippen MR) is 74.5 cm³/mol. The third-order valence-electron chi connectivity index (χ3n) is 3.87. The molecule has 0 spiro atoms. The zero-order chi connectivity index (χ0) is 13.9. The lowest BCUT2D eigenvalue weighted by atomic mass is 10.2. The number of hydrogen-bond donors (Lipinski definition) is 0. The normalized spacial score (nSPS) is 23.1. The largest absolute Gasteiger partial charge is 0.365 e. The lowest BCUT2D eigenvalue weighted by Gasteiger charge is -2.34. The summed E-state index contributed by atoms with van der Waals surface area (Å²) < 4.78 is 5.66. The molecule has 3 heterocycles. The molecule has 3 rings (SSSR count). The van der Waals surface area contributed by atoms with Crippen molar-refractivity contribution in [2.45, 2.75) is 25.9 Å². The number of aromatic nitrogens is 2. The average Bonchev–Trinajstić information content (AvgIpc) is 3.01. The third kappa shape index (κ3) is 2.75. The van der Waals surface area contributed by atoms with Crippen molar-refractivity contribution in [2.24, 2.45) is 0 Å². The molecular formula is C14H20N4O2. The van der Waals surface area contributed by atoms with E-state index in [0.717, 1.165) is 44.0 Å². The summed E-state index contributed by atoms with van der Waals surface area (Å²) in [5, 5.41) is 0. The van der Waals surface area contributed by atoms with Crippen LogP contribution < -0.4 is 4.90 Å². The number of ether oxygens (including phenoxy) is 1. The van der Waals surface area contributed by atoms with Crippen molar-refractivity contribution >= 4 is 11.7 Å². The zero-order valence-corrected chi connectivity index (χ0v) is 11.8. The Morgan fingerprint density at radius 2 is 2.10 bits per heavy atom. The molecule has 1 unspecified atom stereocenters. The van der Waals surface area contributed by atoms with Crippen LogP contribution in [0.1, 0.15) is 18.5 Å². The summed E-state index contributed by atoms with van der Waals surface area (Å²) in [7, 11) is 0. The Kier molecular flexibility index (Phi) is 3.82. The number of amides is 1. The standard InChI is InChI=1S/C14H20N4O2/c1-11-8-13(16-10-15-11)18-6-7-20-12(9-18)14(19)17-4-2-3-5-17/h8,10,12H,2-7,9H2,1H3. The van der Waals surface area contributed by atoms with Crippen molar-refractivity contribution in [3.8, 4) is 0 Å². The summed E-state index contributed by atoms with van der Waals surface area (Å²) in [6.45, 7) is 5.58. The molecule has 2 saturated heterocycles. The number of likely N-dealkylation sites (tertiary alicyclic amines) is 1. The van der Waals surface area contributed by atoms with Crippen LogP contribution in [-0.4, -0.2) is 59.7 Å². The van der Waals surface area contributed by atoms with Gasteiger partial charge in [-0.25, -0.2) is 9.97 Å². The monoisotopic (exact) mass is 276 g/mol. The SMILES string of the molecule is Cc1cc(N2CCOC(C(=O)N3CCCC3)C2)ncn1. The first-order chi connectivity index (χ1) is 9.74. The molecule has 2 aliphatic heterocycles. The maximum Gasteiger partial charge on any atom is 0.253 e. The Morgan fingerprint density at radius 1 is 1.30 bits per heavy atom. The molecule has 6 heteroatoms. The van der Waals surface area contributed by atoms with E-state index in [-0.39, 0.29) is 12.0 Å². The van der Waals surface area contributed by atoms with E-state index in [2.05, 4.69) is 14.9 Å². The molecule has 0 radical (unpaired) electrons. The number of nitrogens with zero attached hydrogens (tertiary/aromatic N) is 4. The van der Waals surface area contributed by atoms with Crippen LogP contribution in [0.2, 0.25) is 0 Å². The number of anilines is 1. The first kappa shape index (κ1) is 13.3. The minimum Gasteiger partial charge on any atom is -0.365 e. The summed E-state index contributed by atoms with van der Waals surface area (Å²) in [5.41, 5.74) is 0.934. The van der Waals surface area contributed by atoms with Crippen LogP contribution in [0, 0.1) is 6.92 Å². The second-order valence-electron chi connectivity index (χ2n) is 5.36. The molecule has 1 atom stereocenters. The van der Waals surface area contributed by atoms with Crippen molar-refractivity contribution in [3.63, 3.8) is 0 Å². The van der Waals surface area contributed by atoms with E-state index < -0.39 is 0 Å². The zero-order valence-electron chi connectivity index (χ0n) is 11.8. The van der Waals surface area contributed by atoms with Crippen LogP contribution in [0.5, 0.6) is 0 Å². The molecule has 6 nitrogen and oxygen atoms in total. The van der Waals surface area contributed by atoms with Crippen LogP contribution in [0.4, 0.5) is 5.82 Å². The van der Waals surface area contributed by atoms with Gasteiger partial charge in [-0.2, -0.15) is 0 Å². The molecule has 0 N–H and O–H groups in total. The molecular weight excluding hydrogens is 256 g/mol. The van der Waals surface area contributed by atoms with Gasteiger partial charge in [0.2, 0.25) is 0 Å². The molecule has 2 fully saturated rings. The molecule has 1 aromatic rings. The van der Waals surface area contributed by atoms with Crippen LogP contribution in [0.15, 0.2) is 12.4 Å². The lowest BCUT2D eigenvalue weighted by molar-refractivity contribution is -0.143. The van der Waals surface area contributed by atoms with Gasteiger partial charge in [-0.3, -0.25) is 4.79 Å². The smallest absolute Gasteiger partial charge is 0.253 e. The molecule has 1 aromatic heterocycles. The van der Waals surface area contributed by atoms with Crippen molar-refractivity contribution in [2.75, 3.05) is 37.7 Å². The average molecular weight is 276 g/mol. The molecule has 20 heavy (non-hydrogen) atoms. The highest BCUT2D eigenvalue weighted by atomic mass is 16.5. The summed E-state index contributed by atoms with van der Waals surface area (Å²) >= 11 is 0. The van der Waals surface area contributed by atoms with Crippen LogP contribution >= 0.6 is 0 Å². The first-order valence-electron chi connectivity index (χ1n) is 7.18. The predicted octanol–water partition coefficient (Wildman–Crippen LogP) is 0.613. The van der Waals surface area contributed by atoms with Gasteiger partial charge in [-0.15, -0.1) is 0 Å². The van der Waals surface area contributed by atoms with E-state index in [1.165, 1.54) is 0 Å². The van der Waals surface area contributed by atoms with Gasteiger partial charge >= 0.3 is 0 Å². The highest BCUT2D eigenvalue weighted by Gasteiger charge is 2.31. The Hall–Kier alpha value is -1.69. The first-order valence-corrected chi connectivity index (χ1v) is 7.18. The van der Waals surface area contributed by atoms with Gasteiger partial charge in [-0.1, -0.05) is 0 Å². The molecule has 0 saturated carbocycles. The van der Waals surface area contributed by atoms with E-state index in [1.54, 1.807) is 6.33 Å². The fourth-order valence-corrected chi connectivity index (χ4v) is 2.76. The van der Waals surface area contributed by atoms with Crippen LogP contribution in [0.25, 0.3) is 0 Å². The van der Waals surface area contributed by atoms with Crippen LogP contribution in [-0.2, 0) is 9.53 Å². The van der Waals surface area contributed by atoms with Crippen molar-refractivity contribution in [1.29, 1.82) is 0 Å². The van der Waals surface area contributed by atoms with Crippen molar-refractivity contribution in [3.05, 3.63) is 18.1 Å². The van der Waals surface area contributed by atoms with Crippen LogP contribution in [0.3, 0.4) is 0 Å². The molecule has 0 bridgehead atoms. The lowest BCUT2D eigenvalue weighted by Crippen LogP contribution is -2.50. The maximum atomic E-state index is 12.4. The molecule has 2 aliphatic rings. The number of carbonyl (C=O) groups is 1. The fraction of sp³-hybridized carbons (Fsp3) is 0.643. The second kappa shape index (κ2) is 5.75. The number of carbonyl (C=O) groups excluding carboxylic acids is 1. The van der Waals surface area contributed by atoms with Crippen molar-refractivity contribution < 1.29 is 9.53 Å². The minimum absolute atomic E-state index is 0.123. The Balaban J connectivity index is 1.68. The van der Waals surface area contributed by atoms with Gasteiger partial charge in [-0.05, 0) is 19.8 Å². The molecule has 0 aliphatic carbocycles. The van der Waals surface area contributed by atoms with E-state index in [9.17, 15) is 4.79 Å². The second-order valence-corrected chi connectivity index (χ2v) is 5.36. The summed E-state index contributed by atoms with van der Waals surface area (Å²) in [5.74, 6) is 0.998.